The molecule has 6 aliphatic heterocycles. The molecule has 8 amide bonds. The van der Waals surface area contributed by atoms with Crippen LogP contribution in [0.3, 0.4) is 0 Å². The Labute approximate surface area is 470 Å². The lowest BCUT2D eigenvalue weighted by Crippen LogP contribution is -2.48. The van der Waals surface area contributed by atoms with E-state index in [1.165, 1.54) is 36.2 Å². The van der Waals surface area contributed by atoms with Gasteiger partial charge in [-0.05, 0) is 107 Å². The van der Waals surface area contributed by atoms with Crippen molar-refractivity contribution in [3.8, 4) is 35.7 Å². The van der Waals surface area contributed by atoms with Crippen LogP contribution in [0.4, 0.5) is 8.78 Å². The van der Waals surface area contributed by atoms with Crippen LogP contribution in [0, 0.1) is 50.2 Å². The molecule has 0 radical (unpaired) electrons. The Balaban J connectivity index is 0.000000173. The number of fused-ring (bicyclic) bond motifs is 2. The van der Waals surface area contributed by atoms with Crippen LogP contribution in [0.1, 0.15) is 84.8 Å². The summed E-state index contributed by atoms with van der Waals surface area (Å²) in [6.45, 7) is 12.9. The summed E-state index contributed by atoms with van der Waals surface area (Å²) in [4.78, 5) is 110. The summed E-state index contributed by atoms with van der Waals surface area (Å²) >= 11 is 2.25. The number of halogens is 3. The summed E-state index contributed by atoms with van der Waals surface area (Å²) in [6.07, 6.45) is 5.03. The van der Waals surface area contributed by atoms with Gasteiger partial charge in [-0.25, -0.2) is 8.78 Å². The highest BCUT2D eigenvalue weighted by atomic mass is 127. The van der Waals surface area contributed by atoms with E-state index in [0.717, 1.165) is 61.5 Å². The van der Waals surface area contributed by atoms with Gasteiger partial charge in [0.2, 0.25) is 23.6 Å². The zero-order valence-corrected chi connectivity index (χ0v) is 46.4. The number of methoxy groups -OCH3 is 2. The minimum absolute atomic E-state index is 0.0283. The van der Waals surface area contributed by atoms with Gasteiger partial charge in [-0.3, -0.25) is 49.0 Å². The first-order valence-corrected chi connectivity index (χ1v) is 26.8. The van der Waals surface area contributed by atoms with E-state index in [2.05, 4.69) is 74.6 Å². The van der Waals surface area contributed by atoms with Crippen molar-refractivity contribution >= 4 is 69.8 Å². The summed E-state index contributed by atoms with van der Waals surface area (Å²) in [5.41, 5.74) is -0.200. The molecule has 4 fully saturated rings. The molecule has 0 spiro atoms. The van der Waals surface area contributed by atoms with E-state index in [-0.39, 0.29) is 73.5 Å². The van der Waals surface area contributed by atoms with E-state index in [1.807, 2.05) is 34.1 Å². The fourth-order valence-corrected chi connectivity index (χ4v) is 10.6. The maximum atomic E-state index is 14.8. The molecule has 0 saturated carbocycles. The van der Waals surface area contributed by atoms with Gasteiger partial charge in [-0.1, -0.05) is 43.7 Å². The molecule has 4 aromatic rings. The van der Waals surface area contributed by atoms with Crippen molar-refractivity contribution in [2.24, 2.45) is 10.8 Å². The molecule has 4 saturated heterocycles. The molecule has 2 N–H and O–H groups in total. The number of benzene rings is 4. The fourth-order valence-electron chi connectivity index (χ4n) is 10.2. The highest BCUT2D eigenvalue weighted by molar-refractivity contribution is 14.1. The average molecular weight is 1190 g/mol. The SMILES string of the molecule is C#C[C@]1(CN2Cc3ccc(OC)c(F)c3C2=O)CC(=O)NC1=O.CCN1CCN(C(=O)c2ccc(C#C[C@]3(CN4Cc5ccc(OC)c(F)c5C4=O)CC(=O)NC3=O)cc2)CC1.CCN1CCN(C(=O)c2ccc(I)cc2)CC1. The number of likely N-dealkylation sites (N-methyl/N-ethyl adjacent to an activating group) is 2. The van der Waals surface area contributed by atoms with Gasteiger partial charge in [0.05, 0.1) is 38.2 Å². The van der Waals surface area contributed by atoms with Gasteiger partial charge < -0.3 is 38.9 Å². The van der Waals surface area contributed by atoms with Crippen LogP contribution in [-0.2, 0) is 32.3 Å². The predicted octanol–water partition coefficient (Wildman–Crippen LogP) is 4.18. The highest BCUT2D eigenvalue weighted by Crippen LogP contribution is 2.37. The van der Waals surface area contributed by atoms with Gasteiger partial charge in [0.15, 0.2) is 23.1 Å². The molecule has 2 atom stereocenters. The molecule has 0 bridgehead atoms. The first-order valence-electron chi connectivity index (χ1n) is 25.7. The van der Waals surface area contributed by atoms with Gasteiger partial charge in [0.25, 0.3) is 23.6 Å². The van der Waals surface area contributed by atoms with E-state index in [4.69, 9.17) is 15.9 Å². The smallest absolute Gasteiger partial charge is 0.257 e. The zero-order valence-electron chi connectivity index (χ0n) is 44.2. The summed E-state index contributed by atoms with van der Waals surface area (Å²) < 4.78 is 40.1. The molecule has 6 aliphatic rings. The van der Waals surface area contributed by atoms with Crippen molar-refractivity contribution in [3.05, 3.63) is 127 Å². The average Bonchev–Trinajstić information content (AvgIpc) is 4.24. The number of nitrogens with zero attached hydrogens (tertiary/aromatic N) is 6. The maximum absolute atomic E-state index is 14.8. The van der Waals surface area contributed by atoms with Gasteiger partial charge >= 0.3 is 0 Å². The Kier molecular flexibility index (Phi) is 17.8. The second kappa shape index (κ2) is 24.5. The summed E-state index contributed by atoms with van der Waals surface area (Å²) in [6, 6.07) is 20.7. The maximum Gasteiger partial charge on any atom is 0.257 e. The monoisotopic (exact) mass is 1190 g/mol. The number of terminal acetylenes is 1. The third kappa shape index (κ3) is 12.3. The molecule has 6 heterocycles. The molecule has 79 heavy (non-hydrogen) atoms. The lowest BCUT2D eigenvalue weighted by Gasteiger charge is -2.34. The van der Waals surface area contributed by atoms with Crippen molar-refractivity contribution in [1.82, 2.24) is 40.0 Å². The van der Waals surface area contributed by atoms with Crippen molar-refractivity contribution in [3.63, 3.8) is 0 Å². The molecule has 18 nitrogen and oxygen atoms in total. The van der Waals surface area contributed by atoms with Crippen LogP contribution in [0.2, 0.25) is 0 Å². The number of ether oxygens (including phenoxy) is 2. The molecule has 21 heteroatoms. The van der Waals surface area contributed by atoms with E-state index in [0.29, 0.717) is 35.3 Å². The Morgan fingerprint density at radius 1 is 0.608 bits per heavy atom. The Hall–Kier alpha value is -7.73. The largest absolute Gasteiger partial charge is 0.494 e. The molecule has 0 aliphatic carbocycles. The van der Waals surface area contributed by atoms with Crippen molar-refractivity contribution in [2.45, 2.75) is 39.8 Å². The first kappa shape index (κ1) is 57.4. The van der Waals surface area contributed by atoms with E-state index in [9.17, 15) is 47.1 Å². The number of imide groups is 2. The fraction of sp³-hybridized carbons (Fsp3) is 0.379. The van der Waals surface area contributed by atoms with Crippen LogP contribution in [0.5, 0.6) is 11.5 Å². The molecular formula is C58H59F2IN8O10. The third-order valence-electron chi connectivity index (χ3n) is 14.9. The Bertz CT molecular complexity index is 3200. The van der Waals surface area contributed by atoms with Crippen molar-refractivity contribution in [1.29, 1.82) is 0 Å². The molecule has 0 aromatic heterocycles. The van der Waals surface area contributed by atoms with Crippen LogP contribution in [-0.4, -0.2) is 169 Å². The molecule has 412 valence electrons. The van der Waals surface area contributed by atoms with E-state index < -0.39 is 57.9 Å². The van der Waals surface area contributed by atoms with Crippen LogP contribution >= 0.6 is 22.6 Å². The topological polar surface area (TPSA) is 199 Å². The van der Waals surface area contributed by atoms with Gasteiger partial charge in [0, 0.05) is 98.8 Å². The van der Waals surface area contributed by atoms with Gasteiger partial charge in [-0.15, -0.1) is 6.42 Å². The lowest BCUT2D eigenvalue weighted by molar-refractivity contribution is -0.128. The number of piperazine rings is 2. The summed E-state index contributed by atoms with van der Waals surface area (Å²) in [7, 11) is 2.63. The number of hydrogen-bond acceptors (Lipinski definition) is 12. The first-order chi connectivity index (χ1) is 37.9. The predicted molar refractivity (Wildman–Crippen MR) is 293 cm³/mol. The number of amides is 8. The van der Waals surface area contributed by atoms with Crippen LogP contribution in [0.15, 0.2) is 72.8 Å². The molecular weight excluding hydrogens is 1130 g/mol. The van der Waals surface area contributed by atoms with E-state index in [1.54, 1.807) is 36.4 Å². The van der Waals surface area contributed by atoms with Crippen LogP contribution < -0.4 is 20.1 Å². The number of nitrogens with one attached hydrogen (secondary N) is 2. The van der Waals surface area contributed by atoms with Crippen molar-refractivity contribution in [2.75, 3.05) is 92.8 Å². The minimum atomic E-state index is -1.48. The summed E-state index contributed by atoms with van der Waals surface area (Å²) in [5, 5.41) is 4.43. The Morgan fingerprint density at radius 2 is 1.01 bits per heavy atom. The zero-order chi connectivity index (χ0) is 56.8. The molecule has 10 rings (SSSR count). The van der Waals surface area contributed by atoms with Crippen LogP contribution in [0.25, 0.3) is 0 Å². The number of hydrogen-bond donors (Lipinski definition) is 2. The second-order valence-corrected chi connectivity index (χ2v) is 21.0. The standard InChI is InChI=1S/C29H29FN4O5.C16H13FN2O4.C13H17IN2O/c1-3-32-12-14-33(15-13-32)26(36)20-6-4-19(5-7-20)10-11-29(16-23(35)31-28(29)38)18-34-17-21-8-9-22(39-2)25(30)24(21)27(34)37;1-3-16(6-11(20)18-15(16)22)8-19-7-9-4-5-10(23-2)13(17)12(9)14(19)21;1-2-15-7-9-16(10-8-15)13(17)11-3-5-12(14)6-4-11/h4-9H,3,12-18H2,1-2H3,(H,31,35,38);1,4-5H,6-8H2,2H3,(H,18,20,22);3-6H,2,7-10H2,1H3/t29-;16-;/m11./s1. The van der Waals surface area contributed by atoms with Gasteiger partial charge in [-0.2, -0.15) is 0 Å². The quantitative estimate of drug-likeness (QED) is 0.131. The lowest BCUT2D eigenvalue weighted by atomic mass is 9.85. The number of rotatable bonds is 10. The molecule has 4 aromatic carbocycles. The second-order valence-electron chi connectivity index (χ2n) is 19.8. The Morgan fingerprint density at radius 3 is 1.39 bits per heavy atom. The minimum Gasteiger partial charge on any atom is -0.494 e. The highest BCUT2D eigenvalue weighted by Gasteiger charge is 2.50. The van der Waals surface area contributed by atoms with Gasteiger partial charge in [0.1, 0.15) is 10.8 Å². The third-order valence-corrected chi connectivity index (χ3v) is 15.6. The normalized spacial score (nSPS) is 20.7. The number of carbonyl (C=O) groups is 8. The summed E-state index contributed by atoms with van der Waals surface area (Å²) in [5.74, 6) is 3.43. The van der Waals surface area contributed by atoms with E-state index >= 15 is 0 Å². The van der Waals surface area contributed by atoms with Crippen molar-refractivity contribution < 1.29 is 56.6 Å². The molecule has 0 unspecified atom stereocenters. The number of carbonyl (C=O) groups excluding carboxylic acids is 8.